The number of ether oxygens (including phenoxy) is 2. The first-order valence-corrected chi connectivity index (χ1v) is 8.87. The zero-order valence-corrected chi connectivity index (χ0v) is 16.0. The number of hydrogen-bond acceptors (Lipinski definition) is 6. The van der Waals surface area contributed by atoms with Crippen molar-refractivity contribution in [2.24, 2.45) is 0 Å². The fraction of sp³-hybridized carbons (Fsp3) is 0.263. The van der Waals surface area contributed by atoms with Crippen molar-refractivity contribution >= 4 is 17.6 Å². The summed E-state index contributed by atoms with van der Waals surface area (Å²) >= 11 is 0. The molecule has 1 heterocycles. The molecule has 0 saturated carbocycles. The molecule has 2 aromatic rings. The Labute approximate surface area is 173 Å². The third-order valence-corrected chi connectivity index (χ3v) is 4.55. The van der Waals surface area contributed by atoms with Crippen LogP contribution in [0.2, 0.25) is 0 Å². The minimum atomic E-state index is -4.85. The highest BCUT2D eigenvalue weighted by Crippen LogP contribution is 2.31. The van der Waals surface area contributed by atoms with Crippen LogP contribution in [0, 0.1) is 10.1 Å². The second kappa shape index (κ2) is 8.13. The van der Waals surface area contributed by atoms with Crippen molar-refractivity contribution in [3.05, 3.63) is 64.2 Å². The Morgan fingerprint density at radius 3 is 2.42 bits per heavy atom. The van der Waals surface area contributed by atoms with Crippen LogP contribution in [-0.2, 0) is 10.3 Å². The summed E-state index contributed by atoms with van der Waals surface area (Å²) in [6.45, 7) is 1.17. The lowest BCUT2D eigenvalue weighted by Gasteiger charge is -2.22. The highest BCUT2D eigenvalue weighted by Gasteiger charge is 2.48. The molecule has 1 atom stereocenters. The minimum absolute atomic E-state index is 0.116. The molecule has 164 valence electrons. The molecule has 9 nitrogen and oxygen atoms in total. The number of alkyl halides is 3. The maximum atomic E-state index is 12.8. The Bertz CT molecular complexity index is 1010. The minimum Gasteiger partial charge on any atom is -0.491 e. The topological polar surface area (TPSA) is 111 Å². The Morgan fingerprint density at radius 2 is 1.81 bits per heavy atom. The molecule has 0 radical (unpaired) electrons. The SMILES string of the molecule is CC1(c2ccc(OC(F)(F)F)cc2)NC(=O)N(CCOc2cccc([N+](=O)[O-])c2)C1=O. The number of benzene rings is 2. The normalized spacial score (nSPS) is 18.6. The molecule has 1 unspecified atom stereocenters. The lowest BCUT2D eigenvalue weighted by molar-refractivity contribution is -0.384. The van der Waals surface area contributed by atoms with Crippen molar-refractivity contribution in [2.75, 3.05) is 13.2 Å². The second-order valence-electron chi connectivity index (χ2n) is 6.69. The molecule has 1 saturated heterocycles. The number of imide groups is 1. The van der Waals surface area contributed by atoms with Gasteiger partial charge < -0.3 is 14.8 Å². The summed E-state index contributed by atoms with van der Waals surface area (Å²) in [4.78, 5) is 36.2. The molecule has 3 amide bonds. The number of amides is 3. The van der Waals surface area contributed by atoms with Crippen LogP contribution in [0.25, 0.3) is 0 Å². The third-order valence-electron chi connectivity index (χ3n) is 4.55. The van der Waals surface area contributed by atoms with Gasteiger partial charge in [-0.2, -0.15) is 0 Å². The average molecular weight is 439 g/mol. The van der Waals surface area contributed by atoms with E-state index >= 15 is 0 Å². The summed E-state index contributed by atoms with van der Waals surface area (Å²) in [6.07, 6.45) is -4.85. The lowest BCUT2D eigenvalue weighted by Crippen LogP contribution is -2.41. The van der Waals surface area contributed by atoms with Gasteiger partial charge in [-0.3, -0.25) is 19.8 Å². The first kappa shape index (κ1) is 21.9. The van der Waals surface area contributed by atoms with Gasteiger partial charge in [0, 0.05) is 6.07 Å². The highest BCUT2D eigenvalue weighted by atomic mass is 19.4. The summed E-state index contributed by atoms with van der Waals surface area (Å²) in [5, 5.41) is 13.3. The first-order chi connectivity index (χ1) is 14.5. The van der Waals surface area contributed by atoms with E-state index in [0.29, 0.717) is 0 Å². The van der Waals surface area contributed by atoms with Crippen LogP contribution in [0.1, 0.15) is 12.5 Å². The maximum absolute atomic E-state index is 12.8. The Kier molecular flexibility index (Phi) is 5.73. The number of carbonyl (C=O) groups is 2. The molecular weight excluding hydrogens is 423 g/mol. The highest BCUT2D eigenvalue weighted by molar-refractivity contribution is 6.07. The van der Waals surface area contributed by atoms with E-state index in [0.717, 1.165) is 17.0 Å². The van der Waals surface area contributed by atoms with Crippen LogP contribution < -0.4 is 14.8 Å². The third kappa shape index (κ3) is 4.85. The molecular formula is C19H16F3N3O6. The van der Waals surface area contributed by atoms with Gasteiger partial charge in [0.15, 0.2) is 0 Å². The van der Waals surface area contributed by atoms with E-state index < -0.39 is 34.5 Å². The van der Waals surface area contributed by atoms with Crippen LogP contribution in [0.15, 0.2) is 48.5 Å². The predicted octanol–water partition coefficient (Wildman–Crippen LogP) is 3.34. The zero-order valence-electron chi connectivity index (χ0n) is 16.0. The van der Waals surface area contributed by atoms with Gasteiger partial charge in [-0.15, -0.1) is 13.2 Å². The fourth-order valence-electron chi connectivity index (χ4n) is 3.03. The predicted molar refractivity (Wildman–Crippen MR) is 99.3 cm³/mol. The number of nitro groups is 1. The molecule has 0 spiro atoms. The molecule has 0 bridgehead atoms. The number of halogens is 3. The second-order valence-corrected chi connectivity index (χ2v) is 6.69. The van der Waals surface area contributed by atoms with Gasteiger partial charge in [0.05, 0.1) is 17.5 Å². The summed E-state index contributed by atoms with van der Waals surface area (Å²) < 4.78 is 46.1. The van der Waals surface area contributed by atoms with E-state index in [-0.39, 0.29) is 30.2 Å². The number of rotatable bonds is 7. The monoisotopic (exact) mass is 439 g/mol. The number of urea groups is 1. The van der Waals surface area contributed by atoms with Gasteiger partial charge in [-0.25, -0.2) is 4.79 Å². The molecule has 1 fully saturated rings. The Balaban J connectivity index is 1.66. The van der Waals surface area contributed by atoms with E-state index in [1.807, 2.05) is 0 Å². The summed E-state index contributed by atoms with van der Waals surface area (Å²) in [7, 11) is 0. The van der Waals surface area contributed by atoms with E-state index in [4.69, 9.17) is 4.74 Å². The lowest BCUT2D eigenvalue weighted by atomic mass is 9.92. The molecule has 3 rings (SSSR count). The van der Waals surface area contributed by atoms with E-state index in [2.05, 4.69) is 10.1 Å². The Morgan fingerprint density at radius 1 is 1.13 bits per heavy atom. The van der Waals surface area contributed by atoms with Crippen molar-refractivity contribution in [1.82, 2.24) is 10.2 Å². The van der Waals surface area contributed by atoms with Gasteiger partial charge >= 0.3 is 12.4 Å². The number of carbonyl (C=O) groups excluding carboxylic acids is 2. The van der Waals surface area contributed by atoms with E-state index in [1.165, 1.54) is 43.3 Å². The molecule has 12 heteroatoms. The molecule has 31 heavy (non-hydrogen) atoms. The van der Waals surface area contributed by atoms with Gasteiger partial charge in [0.1, 0.15) is 23.6 Å². The molecule has 0 aliphatic carbocycles. The fourth-order valence-corrected chi connectivity index (χ4v) is 3.03. The molecule has 1 aliphatic heterocycles. The number of nitro benzene ring substituents is 1. The van der Waals surface area contributed by atoms with E-state index in [9.17, 15) is 32.9 Å². The smallest absolute Gasteiger partial charge is 0.491 e. The summed E-state index contributed by atoms with van der Waals surface area (Å²) in [6, 6.07) is 9.32. The summed E-state index contributed by atoms with van der Waals surface area (Å²) in [5.41, 5.74) is -1.39. The van der Waals surface area contributed by atoms with Gasteiger partial charge in [0.25, 0.3) is 11.6 Å². The van der Waals surface area contributed by atoms with Crippen molar-refractivity contribution in [3.8, 4) is 11.5 Å². The summed E-state index contributed by atoms with van der Waals surface area (Å²) in [5.74, 6) is -0.882. The molecule has 2 aromatic carbocycles. The number of nitrogens with one attached hydrogen (secondary N) is 1. The first-order valence-electron chi connectivity index (χ1n) is 8.87. The molecule has 0 aromatic heterocycles. The van der Waals surface area contributed by atoms with Crippen LogP contribution in [-0.4, -0.2) is 41.3 Å². The van der Waals surface area contributed by atoms with Crippen LogP contribution in [0.4, 0.5) is 23.7 Å². The van der Waals surface area contributed by atoms with Gasteiger partial charge in [-0.1, -0.05) is 18.2 Å². The van der Waals surface area contributed by atoms with Crippen molar-refractivity contribution < 1.29 is 37.2 Å². The largest absolute Gasteiger partial charge is 0.573 e. The van der Waals surface area contributed by atoms with Crippen molar-refractivity contribution in [2.45, 2.75) is 18.8 Å². The van der Waals surface area contributed by atoms with Crippen LogP contribution >= 0.6 is 0 Å². The standard InChI is InChI=1S/C19H16F3N3O6/c1-18(12-5-7-14(8-6-12)31-19(20,21)22)16(26)24(17(27)23-18)9-10-30-15-4-2-3-13(11-15)25(28)29/h2-8,11H,9-10H2,1H3,(H,23,27). The van der Waals surface area contributed by atoms with Crippen molar-refractivity contribution in [3.63, 3.8) is 0 Å². The van der Waals surface area contributed by atoms with Crippen LogP contribution in [0.5, 0.6) is 11.5 Å². The van der Waals surface area contributed by atoms with Gasteiger partial charge in [0.2, 0.25) is 0 Å². The Hall–Kier alpha value is -3.83. The van der Waals surface area contributed by atoms with Crippen molar-refractivity contribution in [1.29, 1.82) is 0 Å². The van der Waals surface area contributed by atoms with Gasteiger partial charge in [-0.05, 0) is 30.7 Å². The van der Waals surface area contributed by atoms with Crippen LogP contribution in [0.3, 0.4) is 0 Å². The molecule has 1 N–H and O–H groups in total. The maximum Gasteiger partial charge on any atom is 0.573 e. The van der Waals surface area contributed by atoms with E-state index in [1.54, 1.807) is 0 Å². The zero-order chi connectivity index (χ0) is 22.8. The molecule has 1 aliphatic rings. The average Bonchev–Trinajstić information content (AvgIpc) is 2.91. The number of nitrogens with zero attached hydrogens (tertiary/aromatic N) is 2. The number of non-ortho nitro benzene ring substituents is 1. The number of hydrogen-bond donors (Lipinski definition) is 1. The quantitative estimate of drug-likeness (QED) is 0.403.